The van der Waals surface area contributed by atoms with E-state index in [1.165, 1.54) is 70.5 Å². The van der Waals surface area contributed by atoms with Crippen LogP contribution in [-0.2, 0) is 86.4 Å². The second-order valence-electron chi connectivity index (χ2n) is 20.5. The number of fused-ring (bicyclic) bond motifs is 6. The highest BCUT2D eigenvalue weighted by Crippen LogP contribution is 2.53. The molecule has 0 fully saturated rings. The van der Waals surface area contributed by atoms with Crippen molar-refractivity contribution in [1.29, 1.82) is 0 Å². The minimum Gasteiger partial charge on any atom is -0.363 e. The van der Waals surface area contributed by atoms with Crippen LogP contribution in [0.25, 0.3) is 27.1 Å². The Balaban J connectivity index is 1.28. The lowest BCUT2D eigenvalue weighted by Gasteiger charge is -2.32. The highest BCUT2D eigenvalue weighted by molar-refractivity contribution is 7.91. The van der Waals surface area contributed by atoms with Gasteiger partial charge in [-0.25, -0.2) is 13.6 Å². The van der Waals surface area contributed by atoms with Crippen LogP contribution < -0.4 is 25.6 Å². The van der Waals surface area contributed by atoms with Gasteiger partial charge in [-0.2, -0.15) is 50.5 Å². The predicted molar refractivity (Wildman–Crippen MR) is 311 cm³/mol. The average molecular weight is 1350 g/mol. The molecule has 1 unspecified atom stereocenters. The lowest BCUT2D eigenvalue weighted by Crippen LogP contribution is -2.42. The van der Waals surface area contributed by atoms with E-state index in [0.29, 0.717) is 23.5 Å². The van der Waals surface area contributed by atoms with Gasteiger partial charge in [-0.3, -0.25) is 41.9 Å². The molecule has 1 atom stereocenters. The molecule has 86 heavy (non-hydrogen) atoms. The molecule has 8 rings (SSSR count). The van der Waals surface area contributed by atoms with E-state index >= 15 is 0 Å². The quantitative estimate of drug-likeness (QED) is 0.0301. The SMILES string of the molecule is CC1(C)C(=CC=C(/C=C/C2N(CCS(=O)(=O)O)c3ccc4c(S(=O)(=O)O)cc(S(=O)(=O)O)cc4c3C2(C)C)c2ccc(C(=O)NCCC(=O)Nc3nnc(S(N)(=O)=O)s3)cn2)N(CCS(=O)(=O)O)c2ccc3c(S(=O)(=O)O)cc(S(=O)(=O)O)cc3c21. The first kappa shape index (κ1) is 65.2. The van der Waals surface area contributed by atoms with Crippen LogP contribution in [0, 0.1) is 0 Å². The molecule has 2 aliphatic heterocycles. The molecule has 38 heteroatoms. The maximum absolute atomic E-state index is 13.4. The first-order chi connectivity index (χ1) is 39.4. The van der Waals surface area contributed by atoms with Gasteiger partial charge < -0.3 is 20.4 Å². The third kappa shape index (κ3) is 13.8. The van der Waals surface area contributed by atoms with E-state index in [-0.39, 0.29) is 84.7 Å². The van der Waals surface area contributed by atoms with Crippen molar-refractivity contribution in [3.05, 3.63) is 119 Å². The third-order valence-electron chi connectivity index (χ3n) is 14.0. The number of sulfonamides is 1. The Kier molecular flexibility index (Phi) is 17.3. The lowest BCUT2D eigenvalue weighted by atomic mass is 9.78. The molecule has 0 aliphatic carbocycles. The molecule has 0 spiro atoms. The summed E-state index contributed by atoms with van der Waals surface area (Å²) in [5.41, 5.74) is -1.88. The highest BCUT2D eigenvalue weighted by Gasteiger charge is 2.46. The number of carbonyl (C=O) groups is 2. The number of carbonyl (C=O) groups excluding carboxylic acids is 2. The number of hydrogen-bond donors (Lipinski definition) is 9. The van der Waals surface area contributed by atoms with Crippen LogP contribution in [0.1, 0.15) is 61.3 Å². The fraction of sp³-hybridized carbons (Fsp3) is 0.271. The van der Waals surface area contributed by atoms with Crippen LogP contribution in [0.3, 0.4) is 0 Å². The van der Waals surface area contributed by atoms with Crippen molar-refractivity contribution in [1.82, 2.24) is 20.5 Å². The zero-order valence-electron chi connectivity index (χ0n) is 44.8. The van der Waals surface area contributed by atoms with Crippen molar-refractivity contribution in [3.63, 3.8) is 0 Å². The van der Waals surface area contributed by atoms with Crippen molar-refractivity contribution >= 4 is 138 Å². The van der Waals surface area contributed by atoms with Gasteiger partial charge in [-0.05, 0) is 82.1 Å². The van der Waals surface area contributed by atoms with Gasteiger partial charge in [-0.1, -0.05) is 69.4 Å². The fourth-order valence-corrected chi connectivity index (χ4v) is 15.2. The summed E-state index contributed by atoms with van der Waals surface area (Å²) in [6, 6.07) is 9.75. The minimum absolute atomic E-state index is 0.0580. The smallest absolute Gasteiger partial charge is 0.295 e. The van der Waals surface area contributed by atoms with Crippen LogP contribution in [0.4, 0.5) is 16.5 Å². The van der Waals surface area contributed by atoms with Crippen LogP contribution in [0.5, 0.6) is 0 Å². The molecule has 30 nitrogen and oxygen atoms in total. The molecule has 0 radical (unpaired) electrons. The number of hydrogen-bond acceptors (Lipinski definition) is 22. The van der Waals surface area contributed by atoms with Crippen molar-refractivity contribution in [2.75, 3.05) is 46.3 Å². The maximum atomic E-state index is 13.4. The monoisotopic (exact) mass is 1350 g/mol. The van der Waals surface area contributed by atoms with E-state index in [9.17, 15) is 95.8 Å². The molecular formula is C48H50N8O22S8. The number of rotatable bonds is 20. The fourth-order valence-electron chi connectivity index (χ4n) is 10.3. The van der Waals surface area contributed by atoms with Crippen LogP contribution in [0.15, 0.2) is 121 Å². The van der Waals surface area contributed by atoms with E-state index in [0.717, 1.165) is 18.3 Å². The zero-order chi connectivity index (χ0) is 63.9. The van der Waals surface area contributed by atoms with Crippen molar-refractivity contribution < 1.29 is 95.8 Å². The minimum atomic E-state index is -5.21. The van der Waals surface area contributed by atoms with Gasteiger partial charge in [0.25, 0.3) is 76.6 Å². The predicted octanol–water partition coefficient (Wildman–Crippen LogP) is 3.20. The van der Waals surface area contributed by atoms with E-state index < -0.39 is 148 Å². The third-order valence-corrected chi connectivity index (χ3v) is 21.0. The van der Waals surface area contributed by atoms with Crippen molar-refractivity contribution in [2.45, 2.75) is 74.9 Å². The number of primary sulfonamides is 1. The second kappa shape index (κ2) is 22.8. The summed E-state index contributed by atoms with van der Waals surface area (Å²) in [4.78, 5) is 29.7. The molecule has 2 aliphatic rings. The largest absolute Gasteiger partial charge is 0.363 e. The summed E-state index contributed by atoms with van der Waals surface area (Å²) in [7, 11) is -34.4. The molecule has 6 aromatic rings. The lowest BCUT2D eigenvalue weighted by molar-refractivity contribution is -0.116. The van der Waals surface area contributed by atoms with Crippen LogP contribution in [0.2, 0.25) is 0 Å². The number of nitrogens with zero attached hydrogens (tertiary/aromatic N) is 5. The topological polar surface area (TPSA) is 490 Å². The number of pyridine rings is 1. The molecule has 4 heterocycles. The standard InChI is InChI=1S/C48H50N8O22S8/c1-47(2)39(55(17-19-80(59,60)61)35-11-8-30-32(42(35)47)21-28(83(67,68)69)23-37(30)85(73,74)75)13-6-26(34-10-5-27(25-51-34)44(58)50-16-15-41(57)52-45-53-54-46(79-45)82(49,65)66)7-14-40-48(3,4)43-33-22-29(84(70,71)72)24-38(86(76,77)78)31(33)9-12-36(43)56(40)18-20-81(62,63)64/h5-14,21-25,39H,15-20H2,1-4H3,(H,50,58)(H2,49,65,66)(H,52,53,57)(H,59,60,61)(H,62,63,64)(H,67,68,69)(H,70,71,72)(H,73,74,75)(H,76,77,78)/b13-6+,26-7?,40-14?. The second-order valence-corrected chi connectivity index (χ2v) is 32.0. The number of aromatic nitrogens is 3. The van der Waals surface area contributed by atoms with Gasteiger partial charge in [0.05, 0.1) is 38.6 Å². The number of nitrogens with one attached hydrogen (secondary N) is 2. The highest BCUT2D eigenvalue weighted by atomic mass is 32.3. The number of benzene rings is 4. The summed E-state index contributed by atoms with van der Waals surface area (Å²) in [5, 5.41) is 16.0. The van der Waals surface area contributed by atoms with Crippen molar-refractivity contribution in [3.8, 4) is 0 Å². The summed E-state index contributed by atoms with van der Waals surface area (Å²) < 4.78 is 234. The number of allylic oxidation sites excluding steroid dienone is 5. The van der Waals surface area contributed by atoms with Crippen LogP contribution in [-0.4, -0.2) is 150 Å². The molecule has 2 amide bonds. The average Bonchev–Trinajstić information content (AvgIpc) is 1.52. The Morgan fingerprint density at radius 1 is 0.674 bits per heavy atom. The molecular weight excluding hydrogens is 1300 g/mol. The molecule has 0 saturated carbocycles. The molecule has 2 aromatic heterocycles. The summed E-state index contributed by atoms with van der Waals surface area (Å²) in [6.45, 7) is 5.12. The van der Waals surface area contributed by atoms with Gasteiger partial charge >= 0.3 is 0 Å². The molecule has 4 aromatic carbocycles. The van der Waals surface area contributed by atoms with E-state index in [1.807, 2.05) is 0 Å². The van der Waals surface area contributed by atoms with Crippen molar-refractivity contribution in [2.24, 2.45) is 5.14 Å². The summed E-state index contributed by atoms with van der Waals surface area (Å²) >= 11 is 0.488. The van der Waals surface area contributed by atoms with Crippen LogP contribution >= 0.6 is 11.3 Å². The Morgan fingerprint density at radius 3 is 1.72 bits per heavy atom. The number of anilines is 3. The van der Waals surface area contributed by atoms with Gasteiger partial charge in [0.15, 0.2) is 0 Å². The normalized spacial score (nSPS) is 17.2. The first-order valence-corrected chi connectivity index (χ1v) is 35.8. The van der Waals surface area contributed by atoms with E-state index in [4.69, 9.17) is 5.14 Å². The first-order valence-electron chi connectivity index (χ1n) is 24.5. The molecule has 10 N–H and O–H groups in total. The van der Waals surface area contributed by atoms with Gasteiger partial charge in [0.2, 0.25) is 15.4 Å². The molecule has 0 bridgehead atoms. The summed E-state index contributed by atoms with van der Waals surface area (Å²) in [5.74, 6) is -3.25. The number of nitrogens with two attached hydrogens (primary N) is 1. The van der Waals surface area contributed by atoms with Gasteiger partial charge in [0, 0.05) is 70.9 Å². The zero-order valence-corrected chi connectivity index (χ0v) is 51.3. The Hall–Kier alpha value is -6.76. The maximum Gasteiger partial charge on any atom is 0.295 e. The van der Waals surface area contributed by atoms with Gasteiger partial charge in [0.1, 0.15) is 9.79 Å². The molecule has 462 valence electrons. The Bertz CT molecular complexity index is 4800. The Morgan fingerprint density at radius 2 is 1.22 bits per heavy atom. The number of amides is 2. The van der Waals surface area contributed by atoms with E-state index in [2.05, 4.69) is 25.8 Å². The Labute approximate surface area is 496 Å². The summed E-state index contributed by atoms with van der Waals surface area (Å²) in [6.07, 6.45) is 6.66. The van der Waals surface area contributed by atoms with Gasteiger partial charge in [-0.15, -0.1) is 10.2 Å². The van der Waals surface area contributed by atoms with E-state index in [1.54, 1.807) is 27.7 Å². The molecule has 0 saturated heterocycles.